The summed E-state index contributed by atoms with van der Waals surface area (Å²) >= 11 is 0. The summed E-state index contributed by atoms with van der Waals surface area (Å²) in [6.45, 7) is 4.69. The number of rotatable bonds is 5. The number of hydrogen-bond donors (Lipinski definition) is 0. The highest BCUT2D eigenvalue weighted by molar-refractivity contribution is 6.22. The third kappa shape index (κ3) is 5.06. The van der Waals surface area contributed by atoms with Gasteiger partial charge in [-0.1, -0.05) is 202 Å². The molecule has 0 nitrogen and oxygen atoms in total. The second kappa shape index (κ2) is 12.3. The molecule has 0 heteroatoms. The van der Waals surface area contributed by atoms with E-state index in [1.807, 2.05) is 0 Å². The summed E-state index contributed by atoms with van der Waals surface area (Å²) in [5.74, 6) is 0. The fourth-order valence-corrected chi connectivity index (χ4v) is 8.87. The first kappa shape index (κ1) is 31.3. The molecule has 0 saturated carbocycles. The second-order valence-electron chi connectivity index (χ2n) is 14.8. The van der Waals surface area contributed by atoms with Gasteiger partial charge in [-0.25, -0.2) is 0 Å². The molecule has 0 bridgehead atoms. The van der Waals surface area contributed by atoms with Gasteiger partial charge in [0, 0.05) is 5.41 Å². The third-order valence-electron chi connectivity index (χ3n) is 11.5. The van der Waals surface area contributed by atoms with E-state index in [2.05, 4.69) is 208 Å². The van der Waals surface area contributed by atoms with Gasteiger partial charge in [0.1, 0.15) is 0 Å². The van der Waals surface area contributed by atoms with Gasteiger partial charge in [-0.2, -0.15) is 0 Å². The SMILES string of the molecule is CC1(C)c2ccccc2-c2ccc(-c3ccc(-c4ccc(-c5c6ccccc6c(-c6ccccc6-c6ccccc6)c6ccccc56)cc4)cc3)cc21. The lowest BCUT2D eigenvalue weighted by Crippen LogP contribution is -2.14. The molecule has 0 aliphatic heterocycles. The molecule has 53 heavy (non-hydrogen) atoms. The predicted molar refractivity (Wildman–Crippen MR) is 226 cm³/mol. The molecule has 10 rings (SSSR count). The van der Waals surface area contributed by atoms with Crippen LogP contribution in [0.15, 0.2) is 194 Å². The zero-order valence-corrected chi connectivity index (χ0v) is 30.0. The van der Waals surface area contributed by atoms with Gasteiger partial charge in [0.05, 0.1) is 0 Å². The Labute approximate surface area is 311 Å². The summed E-state index contributed by atoms with van der Waals surface area (Å²) in [6.07, 6.45) is 0. The van der Waals surface area contributed by atoms with Gasteiger partial charge in [0.2, 0.25) is 0 Å². The maximum Gasteiger partial charge on any atom is 0.0159 e. The average Bonchev–Trinajstić information content (AvgIpc) is 3.45. The summed E-state index contributed by atoms with van der Waals surface area (Å²) in [5.41, 5.74) is 18.0. The Morgan fingerprint density at radius 1 is 0.264 bits per heavy atom. The summed E-state index contributed by atoms with van der Waals surface area (Å²) in [6, 6.07) is 71.5. The molecular formula is C53H38. The molecule has 0 saturated heterocycles. The number of hydrogen-bond acceptors (Lipinski definition) is 0. The lowest BCUT2D eigenvalue weighted by molar-refractivity contribution is 0.660. The molecule has 0 amide bonds. The minimum Gasteiger partial charge on any atom is -0.0622 e. The first-order valence-corrected chi connectivity index (χ1v) is 18.6. The molecule has 0 atom stereocenters. The van der Waals surface area contributed by atoms with Crippen molar-refractivity contribution in [2.24, 2.45) is 0 Å². The normalized spacial score (nSPS) is 12.9. The number of fused-ring (bicyclic) bond motifs is 5. The van der Waals surface area contributed by atoms with Crippen molar-refractivity contribution in [3.63, 3.8) is 0 Å². The largest absolute Gasteiger partial charge is 0.0622 e. The van der Waals surface area contributed by atoms with Crippen LogP contribution in [0.2, 0.25) is 0 Å². The third-order valence-corrected chi connectivity index (χ3v) is 11.5. The van der Waals surface area contributed by atoms with Gasteiger partial charge in [-0.05, 0) is 105 Å². The monoisotopic (exact) mass is 674 g/mol. The highest BCUT2D eigenvalue weighted by atomic mass is 14.4. The van der Waals surface area contributed by atoms with Crippen LogP contribution < -0.4 is 0 Å². The van der Waals surface area contributed by atoms with Crippen LogP contribution in [0.25, 0.3) is 88.3 Å². The van der Waals surface area contributed by atoms with E-state index >= 15 is 0 Å². The van der Waals surface area contributed by atoms with Crippen LogP contribution in [-0.2, 0) is 5.41 Å². The van der Waals surface area contributed by atoms with E-state index in [4.69, 9.17) is 0 Å². The van der Waals surface area contributed by atoms with E-state index in [1.54, 1.807) is 0 Å². The number of benzene rings is 9. The van der Waals surface area contributed by atoms with Gasteiger partial charge < -0.3 is 0 Å². The van der Waals surface area contributed by atoms with Gasteiger partial charge >= 0.3 is 0 Å². The lowest BCUT2D eigenvalue weighted by atomic mass is 9.81. The van der Waals surface area contributed by atoms with Crippen molar-refractivity contribution < 1.29 is 0 Å². The standard InChI is InChI=1S/C53H38/c1-53(2)49-23-13-12-17-42(49)43-33-32-40(34-50(43)53)37-26-24-35(25-27-37)36-28-30-39(31-29-36)51-45-19-8-10-21-47(45)52(48-22-11-9-20-46(48)51)44-18-7-6-16-41(44)38-14-4-3-5-15-38/h3-34H,1-2H3. The van der Waals surface area contributed by atoms with E-state index in [-0.39, 0.29) is 5.41 Å². The molecule has 250 valence electrons. The van der Waals surface area contributed by atoms with Crippen LogP contribution in [0, 0.1) is 0 Å². The van der Waals surface area contributed by atoms with Gasteiger partial charge in [0.15, 0.2) is 0 Å². The average molecular weight is 675 g/mol. The maximum absolute atomic E-state index is 2.40. The van der Waals surface area contributed by atoms with Gasteiger partial charge in [-0.3, -0.25) is 0 Å². The molecule has 0 aromatic heterocycles. The zero-order chi connectivity index (χ0) is 35.5. The Kier molecular flexibility index (Phi) is 7.27. The molecular weight excluding hydrogens is 637 g/mol. The smallest absolute Gasteiger partial charge is 0.0159 e. The predicted octanol–water partition coefficient (Wildman–Crippen LogP) is 14.6. The van der Waals surface area contributed by atoms with Crippen LogP contribution >= 0.6 is 0 Å². The Morgan fingerprint density at radius 3 is 1.28 bits per heavy atom. The summed E-state index contributed by atoms with van der Waals surface area (Å²) < 4.78 is 0. The minimum absolute atomic E-state index is 0.00670. The molecule has 1 aliphatic carbocycles. The van der Waals surface area contributed by atoms with Crippen molar-refractivity contribution in [3.8, 4) is 66.8 Å². The van der Waals surface area contributed by atoms with Crippen molar-refractivity contribution in [2.75, 3.05) is 0 Å². The summed E-state index contributed by atoms with van der Waals surface area (Å²) in [5, 5.41) is 5.06. The Bertz CT molecular complexity index is 2760. The Morgan fingerprint density at radius 2 is 0.679 bits per heavy atom. The molecule has 0 radical (unpaired) electrons. The highest BCUT2D eigenvalue weighted by Gasteiger charge is 2.35. The summed E-state index contributed by atoms with van der Waals surface area (Å²) in [4.78, 5) is 0. The molecule has 9 aromatic carbocycles. The van der Waals surface area contributed by atoms with Crippen molar-refractivity contribution in [1.29, 1.82) is 0 Å². The Balaban J connectivity index is 1.03. The molecule has 0 unspecified atom stereocenters. The van der Waals surface area contributed by atoms with E-state index in [9.17, 15) is 0 Å². The molecule has 0 N–H and O–H groups in total. The van der Waals surface area contributed by atoms with Crippen LogP contribution in [0.1, 0.15) is 25.0 Å². The van der Waals surface area contributed by atoms with E-state index in [1.165, 1.54) is 99.4 Å². The summed E-state index contributed by atoms with van der Waals surface area (Å²) in [7, 11) is 0. The van der Waals surface area contributed by atoms with Crippen LogP contribution in [0.4, 0.5) is 0 Å². The molecule has 0 spiro atoms. The first-order valence-electron chi connectivity index (χ1n) is 18.6. The van der Waals surface area contributed by atoms with Crippen molar-refractivity contribution >= 4 is 21.5 Å². The molecule has 0 fully saturated rings. The van der Waals surface area contributed by atoms with E-state index in [0.717, 1.165) is 0 Å². The van der Waals surface area contributed by atoms with Crippen molar-refractivity contribution in [1.82, 2.24) is 0 Å². The second-order valence-corrected chi connectivity index (χ2v) is 14.8. The molecule has 9 aromatic rings. The topological polar surface area (TPSA) is 0 Å². The van der Waals surface area contributed by atoms with Crippen LogP contribution in [-0.4, -0.2) is 0 Å². The van der Waals surface area contributed by atoms with E-state index < -0.39 is 0 Å². The van der Waals surface area contributed by atoms with Crippen LogP contribution in [0.5, 0.6) is 0 Å². The van der Waals surface area contributed by atoms with Crippen molar-refractivity contribution in [2.45, 2.75) is 19.3 Å². The fraction of sp³-hybridized carbons (Fsp3) is 0.0566. The zero-order valence-electron chi connectivity index (χ0n) is 30.0. The molecule has 1 aliphatic rings. The highest BCUT2D eigenvalue weighted by Crippen LogP contribution is 2.50. The Hall–Kier alpha value is -6.50. The lowest BCUT2D eigenvalue weighted by Gasteiger charge is -2.22. The van der Waals surface area contributed by atoms with Gasteiger partial charge in [0.25, 0.3) is 0 Å². The quantitative estimate of drug-likeness (QED) is 0.159. The maximum atomic E-state index is 2.40. The fourth-order valence-electron chi connectivity index (χ4n) is 8.87. The minimum atomic E-state index is -0.00670. The van der Waals surface area contributed by atoms with Crippen molar-refractivity contribution in [3.05, 3.63) is 205 Å². The van der Waals surface area contributed by atoms with Gasteiger partial charge in [-0.15, -0.1) is 0 Å². The molecule has 0 heterocycles. The van der Waals surface area contributed by atoms with Crippen LogP contribution in [0.3, 0.4) is 0 Å². The first-order chi connectivity index (χ1) is 26.1. The van der Waals surface area contributed by atoms with E-state index in [0.29, 0.717) is 0 Å².